The van der Waals surface area contributed by atoms with E-state index >= 15 is 0 Å². The predicted molar refractivity (Wildman–Crippen MR) is 272 cm³/mol. The van der Waals surface area contributed by atoms with Crippen LogP contribution in [0, 0.1) is 0 Å². The zero-order valence-electron chi connectivity index (χ0n) is 47.0. The molecular formula is C48H76N6O34. The van der Waals surface area contributed by atoms with Crippen molar-refractivity contribution >= 4 is 35.6 Å². The molecule has 40 heteroatoms. The van der Waals surface area contributed by atoms with Gasteiger partial charge < -0.3 is 154 Å². The van der Waals surface area contributed by atoms with Crippen LogP contribution in [0.1, 0.15) is 46.5 Å². The number of ether oxygens (including phenoxy) is 12. The average molecular weight is 1280 g/mol. The van der Waals surface area contributed by atoms with Crippen molar-refractivity contribution in [1.29, 1.82) is 0 Å². The van der Waals surface area contributed by atoms with Crippen LogP contribution in [0.3, 0.4) is 0 Å². The predicted octanol–water partition coefficient (Wildman–Crippen LogP) is -10.5. The second-order valence-corrected chi connectivity index (χ2v) is 21.3. The van der Waals surface area contributed by atoms with Crippen LogP contribution in [-0.4, -0.2) is 334 Å². The highest BCUT2D eigenvalue weighted by molar-refractivity contribution is 5.75. The van der Waals surface area contributed by atoms with Crippen LogP contribution >= 0.6 is 0 Å². The molecule has 30 atom stereocenters. The summed E-state index contributed by atoms with van der Waals surface area (Å²) in [7, 11) is 0. The summed E-state index contributed by atoms with van der Waals surface area (Å²) in [6, 6.07) is -5.42. The number of azide groups is 1. The summed E-state index contributed by atoms with van der Waals surface area (Å²) in [4.78, 5) is 78.5. The summed E-state index contributed by atoms with van der Waals surface area (Å²) in [5, 5.41) is 184. The number of carbonyl (C=O) groups is 6. The van der Waals surface area contributed by atoms with E-state index in [4.69, 9.17) is 62.4 Å². The Morgan fingerprint density at radius 2 is 0.739 bits per heavy atom. The third-order valence-corrected chi connectivity index (χ3v) is 15.0. The van der Waals surface area contributed by atoms with Crippen molar-refractivity contribution < 1.29 is 167 Å². The number of amides is 3. The Bertz CT molecular complexity index is 2390. The lowest BCUT2D eigenvalue weighted by Crippen LogP contribution is -2.71. The van der Waals surface area contributed by atoms with Crippen LogP contribution in [0.4, 0.5) is 0 Å². The van der Waals surface area contributed by atoms with E-state index in [1.54, 1.807) is 0 Å². The number of aliphatic hydroxyl groups is 13. The Hall–Kier alpha value is -4.87. The fourth-order valence-electron chi connectivity index (χ4n) is 10.6. The number of aliphatic hydroxyl groups excluding tert-OH is 13. The average Bonchev–Trinajstić information content (AvgIpc) is 0.897. The molecule has 0 aliphatic carbocycles. The first kappa shape index (κ1) is 72.2. The summed E-state index contributed by atoms with van der Waals surface area (Å²) in [6.45, 7) is -0.0239. The number of hydrogen-bond donors (Lipinski definition) is 19. The SMILES string of the molecule is CC(=O)N[C@H]1[C@H](O[C@H]2[C@H](O)[C@@H](O)[C@H](O[C@H]3[C@H](O)[C@@H](CO)O[C@@H](O[C@H]4[C@H](O)[C@@H](O)[C@H](O[C@H]5[C@H](O)[C@@H](CO)O[C@@H](OCCCCCCN=[N+]=[N-])[C@@H]5NC(C)=O)O[C@@H]4C(=O)O)[C@@H]3NC(C)=O)O[C@@H]2C(=O)O)O[C@H](CO)[C@@H](O)[C@@H]1O[C@@H]1O[C@H](C(=O)O)[C@@H](O)[C@H](O)[C@H]1O. The van der Waals surface area contributed by atoms with E-state index in [0.717, 1.165) is 20.8 Å². The summed E-state index contributed by atoms with van der Waals surface area (Å²) in [5.41, 5.74) is 8.49. The Morgan fingerprint density at radius 3 is 1.09 bits per heavy atom. The van der Waals surface area contributed by atoms with Gasteiger partial charge >= 0.3 is 17.9 Å². The van der Waals surface area contributed by atoms with Crippen molar-refractivity contribution in [3.8, 4) is 0 Å². The molecule has 6 aliphatic rings. The molecule has 0 aromatic carbocycles. The van der Waals surface area contributed by atoms with E-state index in [1.165, 1.54) is 0 Å². The van der Waals surface area contributed by atoms with Gasteiger partial charge in [-0.05, 0) is 18.4 Å². The number of carboxylic acids is 3. The van der Waals surface area contributed by atoms with Crippen LogP contribution in [0.2, 0.25) is 0 Å². The van der Waals surface area contributed by atoms with Crippen LogP contribution in [0.15, 0.2) is 5.11 Å². The molecule has 0 spiro atoms. The molecular weight excluding hydrogens is 1200 g/mol. The molecule has 6 fully saturated rings. The molecule has 40 nitrogen and oxygen atoms in total. The molecule has 6 aliphatic heterocycles. The second kappa shape index (κ2) is 32.4. The highest BCUT2D eigenvalue weighted by Gasteiger charge is 2.60. The number of unbranched alkanes of at least 4 members (excludes halogenated alkanes) is 3. The number of nitrogens with one attached hydrogen (secondary N) is 3. The van der Waals surface area contributed by atoms with Crippen molar-refractivity contribution in [2.45, 2.75) is 231 Å². The Balaban J connectivity index is 1.22. The van der Waals surface area contributed by atoms with Crippen molar-refractivity contribution in [1.82, 2.24) is 16.0 Å². The van der Waals surface area contributed by atoms with Gasteiger partial charge in [-0.25, -0.2) is 14.4 Å². The van der Waals surface area contributed by atoms with E-state index in [0.29, 0.717) is 25.7 Å². The molecule has 0 aromatic rings. The summed E-state index contributed by atoms with van der Waals surface area (Å²) >= 11 is 0. The Labute approximate surface area is 497 Å². The summed E-state index contributed by atoms with van der Waals surface area (Å²) in [5.74, 6) is -8.49. The van der Waals surface area contributed by atoms with Gasteiger partial charge in [0.15, 0.2) is 56.1 Å². The van der Waals surface area contributed by atoms with Gasteiger partial charge in [0.1, 0.15) is 128 Å². The minimum absolute atomic E-state index is 0.0198. The second-order valence-electron chi connectivity index (χ2n) is 21.3. The lowest BCUT2D eigenvalue weighted by Gasteiger charge is -2.50. The maximum Gasteiger partial charge on any atom is 0.335 e. The monoisotopic (exact) mass is 1280 g/mol. The van der Waals surface area contributed by atoms with Gasteiger partial charge in [0.2, 0.25) is 17.7 Å². The maximum absolute atomic E-state index is 13.0. The van der Waals surface area contributed by atoms with Crippen molar-refractivity contribution in [3.05, 3.63) is 10.4 Å². The van der Waals surface area contributed by atoms with Gasteiger partial charge in [-0.3, -0.25) is 14.4 Å². The highest BCUT2D eigenvalue weighted by Crippen LogP contribution is 2.38. The Kier molecular flexibility index (Phi) is 26.6. The molecule has 0 saturated carbocycles. The van der Waals surface area contributed by atoms with Crippen molar-refractivity contribution in [2.75, 3.05) is 33.0 Å². The Morgan fingerprint density at radius 1 is 0.409 bits per heavy atom. The standard InChI is InChI=1S/C48H76N6O34/c1-13(58)51-19-32(22(61)16(10-55)78-43(19)77-9-7-5-4-6-8-50-54-49)81-47-30(69)27(66)35(38(87-47)41(73)74)85-45-21(53-15(3)60)34(24(63)18(12-57)80-45)83-48-31(70)28(67)36(39(88-48)42(75)76)84-44-20(52-14(2)59)33(23(62)17(11-56)79-44)82-46-29(68)25(64)26(65)37(86-46)40(71)72/h16-39,43-48,55-57,61-70H,4-12H2,1-3H3,(H,51,58)(H,52,59)(H,53,60)(H,71,72)(H,73,74)(H,75,76)/t16-,17-,18-,19-,20-,21-,22-,23-,24-,25+,26+,27-,28-,29-,30-,31-,32-,33-,34-,35+,36+,37+,38+,39+,43-,44+,45+,46-,47-,48-/m1/s1. The largest absolute Gasteiger partial charge is 0.479 e. The lowest BCUT2D eigenvalue weighted by molar-refractivity contribution is -0.377. The molecule has 19 N–H and O–H groups in total. The molecule has 6 heterocycles. The van der Waals surface area contributed by atoms with Gasteiger partial charge in [0, 0.05) is 38.8 Å². The number of rotatable bonds is 27. The number of carboxylic acid groups (broad SMARTS) is 3. The molecule has 3 amide bonds. The zero-order valence-corrected chi connectivity index (χ0v) is 47.0. The van der Waals surface area contributed by atoms with Gasteiger partial charge in [0.25, 0.3) is 0 Å². The maximum atomic E-state index is 13.0. The van der Waals surface area contributed by atoms with Gasteiger partial charge in [-0.15, -0.1) is 0 Å². The molecule has 502 valence electrons. The number of hydrogen-bond acceptors (Lipinski definition) is 32. The van der Waals surface area contributed by atoms with Crippen LogP contribution in [0.5, 0.6) is 0 Å². The molecule has 6 saturated heterocycles. The van der Waals surface area contributed by atoms with E-state index < -0.39 is 239 Å². The first-order valence-corrected chi connectivity index (χ1v) is 27.6. The lowest BCUT2D eigenvalue weighted by atomic mass is 9.93. The first-order valence-electron chi connectivity index (χ1n) is 27.6. The van der Waals surface area contributed by atoms with Crippen molar-refractivity contribution in [2.24, 2.45) is 5.11 Å². The molecule has 88 heavy (non-hydrogen) atoms. The van der Waals surface area contributed by atoms with E-state index in [-0.39, 0.29) is 13.2 Å². The topological polar surface area (TPSA) is 622 Å². The molecule has 0 radical (unpaired) electrons. The molecule has 0 bridgehead atoms. The fraction of sp³-hybridized carbons (Fsp3) is 0.875. The smallest absolute Gasteiger partial charge is 0.335 e. The minimum Gasteiger partial charge on any atom is -0.479 e. The zero-order chi connectivity index (χ0) is 65.2. The first-order chi connectivity index (χ1) is 41.6. The van der Waals surface area contributed by atoms with Gasteiger partial charge in [-0.1, -0.05) is 18.0 Å². The van der Waals surface area contributed by atoms with Crippen LogP contribution in [0.25, 0.3) is 10.4 Å². The van der Waals surface area contributed by atoms with Gasteiger partial charge in [0.05, 0.1) is 19.8 Å². The van der Waals surface area contributed by atoms with Crippen LogP contribution in [-0.2, 0) is 85.6 Å². The fourth-order valence-corrected chi connectivity index (χ4v) is 10.6. The summed E-state index contributed by atoms with van der Waals surface area (Å²) < 4.78 is 68.5. The van der Waals surface area contributed by atoms with Crippen molar-refractivity contribution in [3.63, 3.8) is 0 Å². The number of carbonyl (C=O) groups excluding carboxylic acids is 3. The van der Waals surface area contributed by atoms with E-state index in [9.17, 15) is 110 Å². The minimum atomic E-state index is -2.53. The normalized spacial score (nSPS) is 42.9. The molecule has 0 aromatic heterocycles. The van der Waals surface area contributed by atoms with Crippen LogP contribution < -0.4 is 16.0 Å². The number of nitrogens with zero attached hydrogens (tertiary/aromatic N) is 3. The highest BCUT2D eigenvalue weighted by atomic mass is 16.8. The van der Waals surface area contributed by atoms with E-state index in [2.05, 4.69) is 26.0 Å². The third-order valence-electron chi connectivity index (χ3n) is 15.0. The molecule has 6 rings (SSSR count). The number of aliphatic carboxylic acids is 3. The quantitative estimate of drug-likeness (QED) is 0.0157. The van der Waals surface area contributed by atoms with Gasteiger partial charge in [-0.2, -0.15) is 0 Å². The third kappa shape index (κ3) is 17.0. The van der Waals surface area contributed by atoms with E-state index in [1.807, 2.05) is 0 Å². The molecule has 0 unspecified atom stereocenters. The summed E-state index contributed by atoms with van der Waals surface area (Å²) in [6.07, 6.45) is -56.4.